The first-order valence-corrected chi connectivity index (χ1v) is 14.1. The number of hydrogen-bond donors (Lipinski definition) is 4. The molecule has 40 heavy (non-hydrogen) atoms. The van der Waals surface area contributed by atoms with Crippen LogP contribution < -0.4 is 16.4 Å². The molecule has 2 saturated carbocycles. The fourth-order valence-electron chi connectivity index (χ4n) is 5.95. The Morgan fingerprint density at radius 3 is 2.33 bits per heavy atom. The highest BCUT2D eigenvalue weighted by Gasteiger charge is 2.33. The molecule has 210 valence electrons. The van der Waals surface area contributed by atoms with Gasteiger partial charge in [0, 0.05) is 24.2 Å². The van der Waals surface area contributed by atoms with E-state index in [9.17, 15) is 14.7 Å². The number of aliphatic hydroxyl groups excluding tert-OH is 1. The van der Waals surface area contributed by atoms with Gasteiger partial charge in [-0.25, -0.2) is 9.78 Å². The van der Waals surface area contributed by atoms with Crippen molar-refractivity contribution in [1.29, 1.82) is 0 Å². The van der Waals surface area contributed by atoms with Crippen molar-refractivity contribution in [3.8, 4) is 22.3 Å². The van der Waals surface area contributed by atoms with Crippen LogP contribution in [-0.4, -0.2) is 41.5 Å². The van der Waals surface area contributed by atoms with Gasteiger partial charge in [0.25, 0.3) is 0 Å². The Morgan fingerprint density at radius 2 is 1.68 bits per heavy atom. The van der Waals surface area contributed by atoms with Crippen LogP contribution in [0.15, 0.2) is 66.9 Å². The third-order valence-corrected chi connectivity index (χ3v) is 8.44. The number of anilines is 1. The molecule has 0 bridgehead atoms. The molecule has 2 amide bonds. The number of carbonyl (C=O) groups is 2. The molecule has 2 aliphatic rings. The lowest BCUT2D eigenvalue weighted by Crippen LogP contribution is -2.38. The maximum Gasteiger partial charge on any atom is 0.407 e. The summed E-state index contributed by atoms with van der Waals surface area (Å²) in [7, 11) is 1.37. The third-order valence-electron chi connectivity index (χ3n) is 8.44. The molecule has 8 nitrogen and oxygen atoms in total. The Hall–Kier alpha value is -3.75. The topological polar surface area (TPSA) is 127 Å². The molecule has 1 aromatic heterocycles. The minimum atomic E-state index is -0.737. The van der Waals surface area contributed by atoms with Crippen LogP contribution in [0.5, 0.6) is 0 Å². The van der Waals surface area contributed by atoms with Gasteiger partial charge in [0.05, 0.1) is 7.11 Å². The number of methoxy groups -OCH3 is 1. The van der Waals surface area contributed by atoms with Crippen LogP contribution in [0.25, 0.3) is 22.3 Å². The standard InChI is InChI=1S/C32H38N4O4/c1-40-32(39)35-26-13-7-20(8-14-26)15-30(37)36-29-18-27(22-5-3-2-4-6-22)28(19-34-29)23-11-9-21(10-12-23)24-16-25(17-24)31(33)38/h2-6,9-12,18-20,24-26,31,38H,7-8,13-17,33H2,1H3,(H,35,39)(H,34,36,37). The molecule has 2 aromatic carbocycles. The monoisotopic (exact) mass is 542 g/mol. The van der Waals surface area contributed by atoms with E-state index in [-0.39, 0.29) is 23.8 Å². The number of hydrogen-bond acceptors (Lipinski definition) is 6. The average molecular weight is 543 g/mol. The number of alkyl carbamates (subject to hydrolysis) is 1. The van der Waals surface area contributed by atoms with E-state index in [0.29, 0.717) is 18.2 Å². The zero-order chi connectivity index (χ0) is 28.1. The lowest BCUT2D eigenvalue weighted by Gasteiger charge is -2.37. The molecule has 0 spiro atoms. The van der Waals surface area contributed by atoms with Crippen molar-refractivity contribution in [1.82, 2.24) is 10.3 Å². The number of nitrogens with one attached hydrogen (secondary N) is 2. The molecule has 1 heterocycles. The fraction of sp³-hybridized carbons (Fsp3) is 0.406. The van der Waals surface area contributed by atoms with Crippen LogP contribution in [0.2, 0.25) is 0 Å². The van der Waals surface area contributed by atoms with E-state index in [1.54, 1.807) is 0 Å². The minimum Gasteiger partial charge on any atom is -0.453 e. The normalized spacial score (nSPS) is 23.0. The summed E-state index contributed by atoms with van der Waals surface area (Å²) in [5.41, 5.74) is 11.0. The van der Waals surface area contributed by atoms with E-state index < -0.39 is 12.3 Å². The molecule has 0 aliphatic heterocycles. The number of aliphatic hydroxyl groups is 1. The third kappa shape index (κ3) is 6.69. The number of aromatic nitrogens is 1. The number of benzene rings is 2. The summed E-state index contributed by atoms with van der Waals surface area (Å²) in [6.45, 7) is 0. The lowest BCUT2D eigenvalue weighted by molar-refractivity contribution is -0.117. The Kier molecular flexibility index (Phi) is 8.77. The predicted molar refractivity (Wildman–Crippen MR) is 155 cm³/mol. The number of ether oxygens (including phenoxy) is 1. The molecule has 5 rings (SSSR count). The number of rotatable bonds is 8. The molecule has 3 aromatic rings. The first-order valence-electron chi connectivity index (χ1n) is 14.1. The van der Waals surface area contributed by atoms with E-state index in [4.69, 9.17) is 5.73 Å². The summed E-state index contributed by atoms with van der Waals surface area (Å²) in [5.74, 6) is 1.38. The molecule has 1 atom stereocenters. The van der Waals surface area contributed by atoms with Gasteiger partial charge in [-0.2, -0.15) is 0 Å². The van der Waals surface area contributed by atoms with Crippen molar-refractivity contribution in [2.45, 2.75) is 63.1 Å². The maximum atomic E-state index is 12.9. The average Bonchev–Trinajstić information content (AvgIpc) is 2.94. The van der Waals surface area contributed by atoms with E-state index >= 15 is 0 Å². The van der Waals surface area contributed by atoms with Crippen LogP contribution in [0.4, 0.5) is 10.6 Å². The summed E-state index contributed by atoms with van der Waals surface area (Å²) >= 11 is 0. The summed E-state index contributed by atoms with van der Waals surface area (Å²) in [5, 5.41) is 15.5. The number of amides is 2. The number of nitrogens with two attached hydrogens (primary N) is 1. The van der Waals surface area contributed by atoms with Gasteiger partial charge in [-0.05, 0) is 84.6 Å². The van der Waals surface area contributed by atoms with E-state index in [0.717, 1.165) is 60.8 Å². The van der Waals surface area contributed by atoms with Crippen molar-refractivity contribution in [2.24, 2.45) is 17.6 Å². The largest absolute Gasteiger partial charge is 0.453 e. The van der Waals surface area contributed by atoms with Gasteiger partial charge in [-0.15, -0.1) is 0 Å². The molecule has 5 N–H and O–H groups in total. The second-order valence-electron chi connectivity index (χ2n) is 11.1. The number of pyridine rings is 1. The van der Waals surface area contributed by atoms with Crippen molar-refractivity contribution in [3.63, 3.8) is 0 Å². The van der Waals surface area contributed by atoms with Crippen LogP contribution >= 0.6 is 0 Å². The second kappa shape index (κ2) is 12.6. The Balaban J connectivity index is 1.26. The molecular formula is C32H38N4O4. The zero-order valence-corrected chi connectivity index (χ0v) is 22.9. The summed E-state index contributed by atoms with van der Waals surface area (Å²) in [6, 6.07) is 20.7. The minimum absolute atomic E-state index is 0.0469. The van der Waals surface area contributed by atoms with Gasteiger partial charge < -0.3 is 26.2 Å². The van der Waals surface area contributed by atoms with Crippen LogP contribution in [0.1, 0.15) is 56.4 Å². The predicted octanol–water partition coefficient (Wildman–Crippen LogP) is 5.43. The van der Waals surface area contributed by atoms with Crippen LogP contribution in [0, 0.1) is 11.8 Å². The molecule has 2 fully saturated rings. The highest BCUT2D eigenvalue weighted by Crippen LogP contribution is 2.43. The molecule has 1 unspecified atom stereocenters. The van der Waals surface area contributed by atoms with Crippen LogP contribution in [-0.2, 0) is 9.53 Å². The summed E-state index contributed by atoms with van der Waals surface area (Å²) in [4.78, 5) is 29.0. The van der Waals surface area contributed by atoms with Crippen molar-refractivity contribution >= 4 is 17.8 Å². The van der Waals surface area contributed by atoms with Crippen molar-refractivity contribution in [3.05, 3.63) is 72.4 Å². The van der Waals surface area contributed by atoms with Gasteiger partial charge >= 0.3 is 6.09 Å². The Morgan fingerprint density at radius 1 is 1.00 bits per heavy atom. The van der Waals surface area contributed by atoms with E-state index in [1.165, 1.54) is 12.7 Å². The van der Waals surface area contributed by atoms with E-state index in [1.807, 2.05) is 30.5 Å². The highest BCUT2D eigenvalue weighted by atomic mass is 16.5. The van der Waals surface area contributed by atoms with Gasteiger partial charge in [0.2, 0.25) is 5.91 Å². The number of carbonyl (C=O) groups excluding carboxylic acids is 2. The molecule has 0 radical (unpaired) electrons. The van der Waals surface area contributed by atoms with Crippen molar-refractivity contribution in [2.75, 3.05) is 12.4 Å². The Bertz CT molecular complexity index is 1300. The van der Waals surface area contributed by atoms with Gasteiger partial charge in [-0.1, -0.05) is 54.6 Å². The summed E-state index contributed by atoms with van der Waals surface area (Å²) in [6.07, 6.45) is 6.39. The molecule has 8 heteroatoms. The van der Waals surface area contributed by atoms with Gasteiger partial charge in [0.1, 0.15) is 12.0 Å². The SMILES string of the molecule is COC(=O)NC1CCC(CC(=O)Nc2cc(-c3ccccc3)c(-c3ccc(C4CC(C(N)O)C4)cc3)cn2)CC1. The Labute approximate surface area is 235 Å². The van der Waals surface area contributed by atoms with Crippen molar-refractivity contribution < 1.29 is 19.4 Å². The van der Waals surface area contributed by atoms with Crippen LogP contribution in [0.3, 0.4) is 0 Å². The zero-order valence-electron chi connectivity index (χ0n) is 22.9. The fourth-order valence-corrected chi connectivity index (χ4v) is 5.95. The summed E-state index contributed by atoms with van der Waals surface area (Å²) < 4.78 is 4.69. The molecule has 2 aliphatic carbocycles. The quantitative estimate of drug-likeness (QED) is 0.281. The lowest BCUT2D eigenvalue weighted by atomic mass is 9.70. The maximum absolute atomic E-state index is 12.9. The smallest absolute Gasteiger partial charge is 0.407 e. The van der Waals surface area contributed by atoms with Gasteiger partial charge in [-0.3, -0.25) is 4.79 Å². The first-order chi connectivity index (χ1) is 19.4. The molecule has 0 saturated heterocycles. The highest BCUT2D eigenvalue weighted by molar-refractivity contribution is 5.92. The number of nitrogens with zero attached hydrogens (tertiary/aromatic N) is 1. The van der Waals surface area contributed by atoms with E-state index in [2.05, 4.69) is 56.8 Å². The second-order valence-corrected chi connectivity index (χ2v) is 11.1. The molecular weight excluding hydrogens is 504 g/mol. The van der Waals surface area contributed by atoms with Gasteiger partial charge in [0.15, 0.2) is 0 Å². The first kappa shape index (κ1) is 27.8.